The molecule has 1 aromatic rings. The summed E-state index contributed by atoms with van der Waals surface area (Å²) in [5, 5.41) is 0. The van der Waals surface area contributed by atoms with Gasteiger partial charge in [0, 0.05) is 4.47 Å². The van der Waals surface area contributed by atoms with Crippen molar-refractivity contribution in [1.82, 2.24) is 0 Å². The molecule has 1 rings (SSSR count). The molecule has 0 bridgehead atoms. The van der Waals surface area contributed by atoms with Gasteiger partial charge in [0.05, 0.1) is 12.7 Å². The van der Waals surface area contributed by atoms with Crippen LogP contribution in [0.5, 0.6) is 11.5 Å². The van der Waals surface area contributed by atoms with E-state index < -0.39 is 0 Å². The van der Waals surface area contributed by atoms with Crippen LogP contribution in [-0.2, 0) is 6.42 Å². The Morgan fingerprint density at radius 1 is 1.28 bits per heavy atom. The molecule has 0 amide bonds. The number of rotatable bonds is 7. The van der Waals surface area contributed by atoms with Crippen LogP contribution in [-0.4, -0.2) is 19.3 Å². The zero-order valence-electron chi connectivity index (χ0n) is 11.3. The fraction of sp³-hybridized carbons (Fsp3) is 0.571. The summed E-state index contributed by atoms with van der Waals surface area (Å²) in [5.74, 6) is 1.59. The van der Waals surface area contributed by atoms with E-state index in [2.05, 4.69) is 15.9 Å². The van der Waals surface area contributed by atoms with Gasteiger partial charge in [0.15, 0.2) is 11.5 Å². The van der Waals surface area contributed by atoms with E-state index in [0.717, 1.165) is 28.8 Å². The summed E-state index contributed by atoms with van der Waals surface area (Å²) >= 11 is 3.58. The van der Waals surface area contributed by atoms with Crippen molar-refractivity contribution in [3.05, 3.63) is 22.2 Å². The molecular weight excluding hydrogens is 294 g/mol. The van der Waals surface area contributed by atoms with Crippen molar-refractivity contribution in [2.75, 3.05) is 13.2 Å². The first-order valence-corrected chi connectivity index (χ1v) is 7.19. The largest absolute Gasteiger partial charge is 0.490 e. The van der Waals surface area contributed by atoms with Crippen molar-refractivity contribution < 1.29 is 9.47 Å². The topological polar surface area (TPSA) is 44.5 Å². The Kier molecular flexibility index (Phi) is 6.50. The van der Waals surface area contributed by atoms with Crippen molar-refractivity contribution in [3.63, 3.8) is 0 Å². The molecule has 2 N–H and O–H groups in total. The van der Waals surface area contributed by atoms with E-state index in [1.54, 1.807) is 0 Å². The van der Waals surface area contributed by atoms with Crippen molar-refractivity contribution >= 4 is 15.9 Å². The lowest BCUT2D eigenvalue weighted by Gasteiger charge is -2.16. The number of nitrogens with two attached hydrogens (primary N) is 1. The summed E-state index contributed by atoms with van der Waals surface area (Å²) in [7, 11) is 0. The lowest BCUT2D eigenvalue weighted by molar-refractivity contribution is 0.223. The van der Waals surface area contributed by atoms with E-state index >= 15 is 0 Å². The van der Waals surface area contributed by atoms with Gasteiger partial charge in [-0.25, -0.2) is 0 Å². The van der Waals surface area contributed by atoms with Crippen LogP contribution in [0.15, 0.2) is 16.6 Å². The highest BCUT2D eigenvalue weighted by molar-refractivity contribution is 9.10. The first-order chi connectivity index (χ1) is 8.58. The van der Waals surface area contributed by atoms with Gasteiger partial charge in [-0.1, -0.05) is 15.9 Å². The Hall–Kier alpha value is -0.740. The number of ether oxygens (including phenoxy) is 2. The van der Waals surface area contributed by atoms with E-state index in [1.165, 1.54) is 5.56 Å². The molecule has 0 saturated carbocycles. The lowest BCUT2D eigenvalue weighted by atomic mass is 10.1. The number of halogens is 1. The molecule has 0 heterocycles. The van der Waals surface area contributed by atoms with Gasteiger partial charge in [-0.15, -0.1) is 0 Å². The summed E-state index contributed by atoms with van der Waals surface area (Å²) in [6.07, 6.45) is 2.04. The van der Waals surface area contributed by atoms with E-state index in [4.69, 9.17) is 15.2 Å². The maximum Gasteiger partial charge on any atom is 0.162 e. The van der Waals surface area contributed by atoms with E-state index in [1.807, 2.05) is 32.9 Å². The van der Waals surface area contributed by atoms with Gasteiger partial charge >= 0.3 is 0 Å². The fourth-order valence-corrected chi connectivity index (χ4v) is 2.20. The maximum absolute atomic E-state index is 5.76. The van der Waals surface area contributed by atoms with E-state index in [0.29, 0.717) is 13.2 Å². The average molecular weight is 316 g/mol. The second-order valence-corrected chi connectivity index (χ2v) is 5.24. The maximum atomic E-state index is 5.76. The molecule has 0 aliphatic heterocycles. The van der Waals surface area contributed by atoms with E-state index in [-0.39, 0.29) is 6.10 Å². The van der Waals surface area contributed by atoms with Crippen molar-refractivity contribution in [2.24, 2.45) is 5.73 Å². The third-order valence-corrected chi connectivity index (χ3v) is 3.16. The summed E-state index contributed by atoms with van der Waals surface area (Å²) in [6, 6.07) is 4.03. The first-order valence-electron chi connectivity index (χ1n) is 6.40. The highest BCUT2D eigenvalue weighted by Gasteiger charge is 2.11. The second kappa shape index (κ2) is 7.64. The zero-order valence-corrected chi connectivity index (χ0v) is 12.9. The monoisotopic (exact) mass is 315 g/mol. The van der Waals surface area contributed by atoms with Crippen molar-refractivity contribution in [1.29, 1.82) is 0 Å². The van der Waals surface area contributed by atoms with Gasteiger partial charge < -0.3 is 15.2 Å². The molecule has 0 atom stereocenters. The standard InChI is InChI=1S/C14H22BrNO2/c1-4-17-13-8-11(6-5-7-16)12(15)9-14(13)18-10(2)3/h8-10H,4-7,16H2,1-3H3. The summed E-state index contributed by atoms with van der Waals surface area (Å²) in [5.41, 5.74) is 6.76. The molecule has 4 heteroatoms. The second-order valence-electron chi connectivity index (χ2n) is 4.38. The van der Waals surface area contributed by atoms with Gasteiger partial charge in [0.2, 0.25) is 0 Å². The van der Waals surface area contributed by atoms with Crippen LogP contribution < -0.4 is 15.2 Å². The highest BCUT2D eigenvalue weighted by atomic mass is 79.9. The Bertz CT molecular complexity index is 380. The Morgan fingerprint density at radius 3 is 2.56 bits per heavy atom. The molecule has 18 heavy (non-hydrogen) atoms. The predicted octanol–water partition coefficient (Wildman–Crippen LogP) is 3.53. The minimum atomic E-state index is 0.131. The molecule has 0 radical (unpaired) electrons. The van der Waals surface area contributed by atoms with Crippen LogP contribution in [0.25, 0.3) is 0 Å². The average Bonchev–Trinajstić information content (AvgIpc) is 2.30. The van der Waals surface area contributed by atoms with Gasteiger partial charge in [0.1, 0.15) is 0 Å². The minimum Gasteiger partial charge on any atom is -0.490 e. The zero-order chi connectivity index (χ0) is 13.5. The normalized spacial score (nSPS) is 10.8. The third kappa shape index (κ3) is 4.50. The number of hydrogen-bond donors (Lipinski definition) is 1. The SMILES string of the molecule is CCOc1cc(CCCN)c(Br)cc1OC(C)C. The number of benzene rings is 1. The molecule has 1 aromatic carbocycles. The molecule has 3 nitrogen and oxygen atoms in total. The molecule has 0 aliphatic rings. The molecule has 0 aliphatic carbocycles. The highest BCUT2D eigenvalue weighted by Crippen LogP contribution is 2.35. The third-order valence-electron chi connectivity index (χ3n) is 2.43. The fourth-order valence-electron chi connectivity index (χ4n) is 1.68. The van der Waals surface area contributed by atoms with Crippen LogP contribution in [0.1, 0.15) is 32.8 Å². The number of aryl methyl sites for hydroxylation is 1. The van der Waals surface area contributed by atoms with Gasteiger partial charge in [-0.3, -0.25) is 0 Å². The molecular formula is C14H22BrNO2. The molecule has 102 valence electrons. The van der Waals surface area contributed by atoms with Crippen LogP contribution in [0.2, 0.25) is 0 Å². The van der Waals surface area contributed by atoms with Crippen molar-refractivity contribution in [3.8, 4) is 11.5 Å². The molecule has 0 fully saturated rings. The lowest BCUT2D eigenvalue weighted by Crippen LogP contribution is -2.08. The predicted molar refractivity (Wildman–Crippen MR) is 78.5 cm³/mol. The van der Waals surface area contributed by atoms with Gasteiger partial charge in [0.25, 0.3) is 0 Å². The van der Waals surface area contributed by atoms with Gasteiger partial charge in [-0.2, -0.15) is 0 Å². The molecule has 0 unspecified atom stereocenters. The van der Waals surface area contributed by atoms with Gasteiger partial charge in [-0.05, 0) is 57.9 Å². The van der Waals surface area contributed by atoms with Crippen LogP contribution in [0.4, 0.5) is 0 Å². The first kappa shape index (κ1) is 15.3. The smallest absolute Gasteiger partial charge is 0.162 e. The van der Waals surface area contributed by atoms with Crippen LogP contribution >= 0.6 is 15.9 Å². The Labute approximate surface area is 118 Å². The summed E-state index contributed by atoms with van der Waals surface area (Å²) in [6.45, 7) is 7.31. The van der Waals surface area contributed by atoms with Crippen LogP contribution in [0, 0.1) is 0 Å². The van der Waals surface area contributed by atoms with E-state index in [9.17, 15) is 0 Å². The summed E-state index contributed by atoms with van der Waals surface area (Å²) < 4.78 is 12.4. The van der Waals surface area contributed by atoms with Crippen LogP contribution in [0.3, 0.4) is 0 Å². The molecule has 0 saturated heterocycles. The Morgan fingerprint density at radius 2 is 2.00 bits per heavy atom. The molecule has 0 aromatic heterocycles. The van der Waals surface area contributed by atoms with Crippen molar-refractivity contribution in [2.45, 2.75) is 39.7 Å². The quantitative estimate of drug-likeness (QED) is 0.837. The summed E-state index contributed by atoms with van der Waals surface area (Å²) in [4.78, 5) is 0. The minimum absolute atomic E-state index is 0.131. The molecule has 0 spiro atoms. The number of hydrogen-bond acceptors (Lipinski definition) is 3. The Balaban J connectivity index is 3.00.